The molecule has 0 aromatic heterocycles. The first-order valence-electron chi connectivity index (χ1n) is 8.05. The van der Waals surface area contributed by atoms with Crippen molar-refractivity contribution in [1.82, 2.24) is 0 Å². The highest BCUT2D eigenvalue weighted by Gasteiger charge is 2.57. The van der Waals surface area contributed by atoms with Crippen LogP contribution in [0.2, 0.25) is 0 Å². The molecule has 1 aliphatic heterocycles. The van der Waals surface area contributed by atoms with Crippen LogP contribution in [0, 0.1) is 0 Å². The van der Waals surface area contributed by atoms with Crippen molar-refractivity contribution in [2.75, 3.05) is 0 Å². The van der Waals surface area contributed by atoms with Crippen molar-refractivity contribution in [3.05, 3.63) is 83.6 Å². The van der Waals surface area contributed by atoms with Gasteiger partial charge in [0.1, 0.15) is 0 Å². The van der Waals surface area contributed by atoms with Crippen LogP contribution in [0.25, 0.3) is 0 Å². The molecule has 2 aromatic carbocycles. The molecule has 0 bridgehead atoms. The van der Waals surface area contributed by atoms with Gasteiger partial charge in [-0.05, 0) is 5.56 Å². The molecule has 4 nitrogen and oxygen atoms in total. The van der Waals surface area contributed by atoms with Crippen LogP contribution in [0.1, 0.15) is 24.2 Å². The van der Waals surface area contributed by atoms with Gasteiger partial charge in [-0.15, -0.1) is 0 Å². The zero-order valence-corrected chi connectivity index (χ0v) is 14.2. The van der Waals surface area contributed by atoms with Gasteiger partial charge >= 0.3 is 12.1 Å². The maximum atomic E-state index is 13.3. The van der Waals surface area contributed by atoms with Gasteiger partial charge in [0.15, 0.2) is 6.10 Å². The zero-order chi connectivity index (χ0) is 19.7. The van der Waals surface area contributed by atoms with Gasteiger partial charge in [0.05, 0.1) is 0 Å². The highest BCUT2D eigenvalue weighted by molar-refractivity contribution is 6.01. The first-order valence-corrected chi connectivity index (χ1v) is 8.05. The Morgan fingerprint density at radius 2 is 1.59 bits per heavy atom. The molecule has 0 saturated carbocycles. The fraction of sp³-hybridized carbons (Fsp3) is 0.200. The summed E-state index contributed by atoms with van der Waals surface area (Å²) in [5.41, 5.74) is -1.58. The number of hydrogen-bond donors (Lipinski definition) is 0. The van der Waals surface area contributed by atoms with Crippen molar-refractivity contribution in [2.45, 2.75) is 24.8 Å². The van der Waals surface area contributed by atoms with Crippen LogP contribution in [0.4, 0.5) is 13.2 Å². The molecule has 27 heavy (non-hydrogen) atoms. The third-order valence-electron chi connectivity index (χ3n) is 4.13. The van der Waals surface area contributed by atoms with Gasteiger partial charge in [-0.25, -0.2) is 0 Å². The van der Waals surface area contributed by atoms with Gasteiger partial charge in [-0.1, -0.05) is 60.7 Å². The van der Waals surface area contributed by atoms with Crippen molar-refractivity contribution >= 4 is 11.8 Å². The van der Waals surface area contributed by atoms with Gasteiger partial charge in [0.2, 0.25) is 17.1 Å². The SMILES string of the molecule is CC(=O)OC1(c2ccccc2)C(=O)C=C(C(F)(F)F)OC1c1ccccc1. The van der Waals surface area contributed by atoms with E-state index < -0.39 is 35.4 Å². The number of carbonyl (C=O) groups is 2. The number of rotatable bonds is 3. The van der Waals surface area contributed by atoms with E-state index in [1.807, 2.05) is 0 Å². The number of allylic oxidation sites excluding steroid dienone is 1. The van der Waals surface area contributed by atoms with E-state index in [1.54, 1.807) is 36.4 Å². The molecule has 2 unspecified atom stereocenters. The fourth-order valence-electron chi connectivity index (χ4n) is 3.05. The summed E-state index contributed by atoms with van der Waals surface area (Å²) in [5.74, 6) is -3.27. The molecule has 0 fully saturated rings. The topological polar surface area (TPSA) is 52.6 Å². The number of esters is 1. The molecule has 0 amide bonds. The lowest BCUT2D eigenvalue weighted by molar-refractivity contribution is -0.201. The van der Waals surface area contributed by atoms with E-state index in [2.05, 4.69) is 0 Å². The maximum Gasteiger partial charge on any atom is 0.449 e. The van der Waals surface area contributed by atoms with Gasteiger partial charge in [-0.3, -0.25) is 9.59 Å². The molecule has 1 heterocycles. The van der Waals surface area contributed by atoms with Crippen molar-refractivity contribution in [3.63, 3.8) is 0 Å². The summed E-state index contributed by atoms with van der Waals surface area (Å²) in [5, 5.41) is 0. The van der Waals surface area contributed by atoms with E-state index in [4.69, 9.17) is 9.47 Å². The molecule has 7 heteroatoms. The number of halogens is 3. The van der Waals surface area contributed by atoms with E-state index in [1.165, 1.54) is 24.3 Å². The monoisotopic (exact) mass is 376 g/mol. The molecule has 1 aliphatic rings. The summed E-state index contributed by atoms with van der Waals surface area (Å²) in [6, 6.07) is 15.8. The number of ketones is 1. The molecule has 2 aromatic rings. The number of alkyl halides is 3. The molecule has 0 N–H and O–H groups in total. The third kappa shape index (κ3) is 3.45. The largest absolute Gasteiger partial charge is 0.475 e. The van der Waals surface area contributed by atoms with E-state index in [-0.39, 0.29) is 11.1 Å². The molecule has 0 radical (unpaired) electrons. The molecule has 2 atom stereocenters. The summed E-state index contributed by atoms with van der Waals surface area (Å²) in [7, 11) is 0. The quantitative estimate of drug-likeness (QED) is 0.753. The minimum Gasteiger partial charge on any atom is -0.475 e. The van der Waals surface area contributed by atoms with E-state index in [0.717, 1.165) is 6.92 Å². The molecular weight excluding hydrogens is 361 g/mol. The van der Waals surface area contributed by atoms with Crippen LogP contribution in [0.5, 0.6) is 0 Å². The van der Waals surface area contributed by atoms with Crippen molar-refractivity contribution in [1.29, 1.82) is 0 Å². The summed E-state index contributed by atoms with van der Waals surface area (Å²) < 4.78 is 50.4. The predicted octanol–water partition coefficient (Wildman–Crippen LogP) is 4.23. The Hall–Kier alpha value is -3.09. The Morgan fingerprint density at radius 3 is 2.11 bits per heavy atom. The van der Waals surface area contributed by atoms with E-state index in [0.29, 0.717) is 6.08 Å². The van der Waals surface area contributed by atoms with E-state index in [9.17, 15) is 22.8 Å². The molecule has 0 saturated heterocycles. The van der Waals surface area contributed by atoms with Crippen molar-refractivity contribution < 1.29 is 32.2 Å². The van der Waals surface area contributed by atoms with Crippen LogP contribution in [0.3, 0.4) is 0 Å². The molecule has 140 valence electrons. The number of carbonyl (C=O) groups excluding carboxylic acids is 2. The normalized spacial score (nSPS) is 22.6. The highest BCUT2D eigenvalue weighted by Crippen LogP contribution is 2.48. The second-order valence-corrected chi connectivity index (χ2v) is 5.97. The minimum absolute atomic E-state index is 0.219. The Kier molecular flexibility index (Phi) is 4.78. The van der Waals surface area contributed by atoms with Gasteiger partial charge in [-0.2, -0.15) is 13.2 Å². The van der Waals surface area contributed by atoms with Crippen LogP contribution in [0.15, 0.2) is 72.5 Å². The average molecular weight is 376 g/mol. The third-order valence-corrected chi connectivity index (χ3v) is 4.13. The lowest BCUT2D eigenvalue weighted by Gasteiger charge is -2.41. The van der Waals surface area contributed by atoms with Crippen molar-refractivity contribution in [3.8, 4) is 0 Å². The van der Waals surface area contributed by atoms with E-state index >= 15 is 0 Å². The Bertz CT molecular complexity index is 875. The van der Waals surface area contributed by atoms with Gasteiger partial charge in [0.25, 0.3) is 0 Å². The van der Waals surface area contributed by atoms with Crippen LogP contribution < -0.4 is 0 Å². The average Bonchev–Trinajstić information content (AvgIpc) is 2.63. The number of ether oxygens (including phenoxy) is 2. The minimum atomic E-state index is -4.86. The Labute approximate surface area is 153 Å². The number of hydrogen-bond acceptors (Lipinski definition) is 4. The van der Waals surface area contributed by atoms with Crippen molar-refractivity contribution in [2.24, 2.45) is 0 Å². The molecule has 0 aliphatic carbocycles. The second-order valence-electron chi connectivity index (χ2n) is 5.97. The van der Waals surface area contributed by atoms with Crippen LogP contribution in [-0.4, -0.2) is 17.9 Å². The highest BCUT2D eigenvalue weighted by atomic mass is 19.4. The maximum absolute atomic E-state index is 13.3. The first-order chi connectivity index (χ1) is 12.7. The van der Waals surface area contributed by atoms with Crippen LogP contribution in [-0.2, 0) is 24.7 Å². The lowest BCUT2D eigenvalue weighted by atomic mass is 9.79. The molecular formula is C20H15F3O4. The van der Waals surface area contributed by atoms with Gasteiger partial charge < -0.3 is 9.47 Å². The smallest absolute Gasteiger partial charge is 0.449 e. The first kappa shape index (κ1) is 18.7. The predicted molar refractivity (Wildman–Crippen MR) is 89.3 cm³/mol. The fourth-order valence-corrected chi connectivity index (χ4v) is 3.05. The molecule has 0 spiro atoms. The summed E-state index contributed by atoms with van der Waals surface area (Å²) >= 11 is 0. The number of benzene rings is 2. The summed E-state index contributed by atoms with van der Waals surface area (Å²) in [6.45, 7) is 1.09. The second kappa shape index (κ2) is 6.90. The standard InChI is InChI=1S/C20H15F3O4/c1-13(24)27-19(15-10-6-3-7-11-15)16(25)12-17(20(21,22)23)26-18(19)14-8-4-2-5-9-14/h2-12,18H,1H3. The van der Waals surface area contributed by atoms with Crippen LogP contribution >= 0.6 is 0 Å². The summed E-state index contributed by atoms with van der Waals surface area (Å²) in [6.07, 6.45) is -6.02. The Morgan fingerprint density at radius 1 is 1.04 bits per heavy atom. The lowest BCUT2D eigenvalue weighted by Crippen LogP contribution is -2.49. The Balaban J connectivity index is 2.28. The molecule has 3 rings (SSSR count). The zero-order valence-electron chi connectivity index (χ0n) is 14.2. The van der Waals surface area contributed by atoms with Gasteiger partial charge in [0, 0.05) is 18.6 Å². The summed E-state index contributed by atoms with van der Waals surface area (Å²) in [4.78, 5) is 24.8.